The smallest absolute Gasteiger partial charge is 0.181 e. The Labute approximate surface area is 162 Å². The van der Waals surface area contributed by atoms with Crippen LogP contribution >= 0.6 is 0 Å². The molecule has 134 valence electrons. The zero-order valence-corrected chi connectivity index (χ0v) is 15.2. The average Bonchev–Trinajstić information content (AvgIpc) is 3.39. The number of aliphatic imine (C=N–C) groups is 1. The summed E-state index contributed by atoms with van der Waals surface area (Å²) in [5.41, 5.74) is 6.44. The van der Waals surface area contributed by atoms with Crippen LogP contribution in [-0.2, 0) is 0 Å². The molecule has 1 aliphatic rings. The molecule has 5 nitrogen and oxygen atoms in total. The van der Waals surface area contributed by atoms with E-state index in [1.165, 1.54) is 6.39 Å². The fraction of sp³-hybridized carbons (Fsp3) is 0.0870. The number of terminal acetylenes is 1. The summed E-state index contributed by atoms with van der Waals surface area (Å²) in [6.45, 7) is 2.06. The Morgan fingerprint density at radius 2 is 2.00 bits per heavy atom. The van der Waals surface area contributed by atoms with E-state index in [0.717, 1.165) is 39.5 Å². The molecule has 0 bridgehead atoms. The Kier molecular flexibility index (Phi) is 3.70. The minimum absolute atomic E-state index is 0.139. The van der Waals surface area contributed by atoms with Gasteiger partial charge in [0.05, 0.1) is 29.3 Å². The summed E-state index contributed by atoms with van der Waals surface area (Å²) in [7, 11) is 0. The molecule has 0 saturated carbocycles. The molecule has 0 radical (unpaired) electrons. The predicted octanol–water partition coefficient (Wildman–Crippen LogP) is 4.42. The van der Waals surface area contributed by atoms with Crippen LogP contribution in [0.1, 0.15) is 35.3 Å². The zero-order valence-electron chi connectivity index (χ0n) is 15.2. The lowest BCUT2D eigenvalue weighted by atomic mass is 9.98. The highest BCUT2D eigenvalue weighted by Crippen LogP contribution is 2.36. The van der Waals surface area contributed by atoms with Crippen molar-refractivity contribution in [3.8, 4) is 29.5 Å². The van der Waals surface area contributed by atoms with Crippen molar-refractivity contribution >= 4 is 5.71 Å². The molecule has 1 aliphatic heterocycles. The first-order valence-electron chi connectivity index (χ1n) is 8.97. The van der Waals surface area contributed by atoms with Gasteiger partial charge in [0.25, 0.3) is 0 Å². The van der Waals surface area contributed by atoms with E-state index in [1.807, 2.05) is 42.7 Å². The summed E-state index contributed by atoms with van der Waals surface area (Å²) in [6, 6.07) is 16.0. The van der Waals surface area contributed by atoms with E-state index in [-0.39, 0.29) is 6.04 Å². The maximum Gasteiger partial charge on any atom is 0.181 e. The maximum atomic E-state index is 5.67. The Hall–Kier alpha value is -3.91. The topological polar surface area (TPSA) is 56.2 Å². The van der Waals surface area contributed by atoms with Gasteiger partial charge >= 0.3 is 0 Å². The van der Waals surface area contributed by atoms with E-state index in [9.17, 15) is 0 Å². The van der Waals surface area contributed by atoms with Crippen molar-refractivity contribution < 1.29 is 4.42 Å². The van der Waals surface area contributed by atoms with Gasteiger partial charge < -0.3 is 4.42 Å². The van der Waals surface area contributed by atoms with Gasteiger partial charge in [-0.25, -0.2) is 9.97 Å². The number of aromatic nitrogens is 3. The van der Waals surface area contributed by atoms with E-state index in [4.69, 9.17) is 15.8 Å². The number of nitrogens with zero attached hydrogens (tertiary/aromatic N) is 4. The highest BCUT2D eigenvalue weighted by Gasteiger charge is 2.27. The quantitative estimate of drug-likeness (QED) is 0.495. The van der Waals surface area contributed by atoms with Crippen molar-refractivity contribution in [1.29, 1.82) is 0 Å². The van der Waals surface area contributed by atoms with E-state index >= 15 is 0 Å². The molecular formula is C23H16N4O. The van der Waals surface area contributed by atoms with Gasteiger partial charge in [0.1, 0.15) is 12.0 Å². The standard InChI is InChI=1S/C23H16N4O/c1-3-16-9-10-19-18(11-16)21(17-7-5-4-6-8-17)26-15(2)23-22(25-13-27(19)23)20-12-24-14-28-20/h1,4-15H,2H3/t15-/m0/s1. The van der Waals surface area contributed by atoms with Crippen LogP contribution in [0.15, 0.2) is 76.9 Å². The second-order valence-corrected chi connectivity index (χ2v) is 6.61. The van der Waals surface area contributed by atoms with E-state index < -0.39 is 0 Å². The molecule has 0 fully saturated rings. The lowest BCUT2D eigenvalue weighted by Gasteiger charge is -2.12. The third-order valence-corrected chi connectivity index (χ3v) is 4.91. The summed E-state index contributed by atoms with van der Waals surface area (Å²) >= 11 is 0. The summed E-state index contributed by atoms with van der Waals surface area (Å²) in [5.74, 6) is 3.35. The highest BCUT2D eigenvalue weighted by atomic mass is 16.3. The number of hydrogen-bond acceptors (Lipinski definition) is 4. The van der Waals surface area contributed by atoms with Crippen LogP contribution in [-0.4, -0.2) is 20.2 Å². The van der Waals surface area contributed by atoms with Crippen LogP contribution in [0, 0.1) is 12.3 Å². The Bertz CT molecular complexity index is 1230. The van der Waals surface area contributed by atoms with Crippen LogP contribution in [0.4, 0.5) is 0 Å². The minimum Gasteiger partial charge on any atom is -0.442 e. The molecule has 0 aliphatic carbocycles. The molecule has 28 heavy (non-hydrogen) atoms. The number of oxazole rings is 1. The van der Waals surface area contributed by atoms with Crippen LogP contribution < -0.4 is 0 Å². The largest absolute Gasteiger partial charge is 0.442 e. The van der Waals surface area contributed by atoms with Crippen LogP contribution in [0.2, 0.25) is 0 Å². The lowest BCUT2D eigenvalue weighted by Crippen LogP contribution is -2.07. The first-order chi connectivity index (χ1) is 13.8. The van der Waals surface area contributed by atoms with Gasteiger partial charge in [0, 0.05) is 16.7 Å². The second kappa shape index (κ2) is 6.36. The Morgan fingerprint density at radius 3 is 2.75 bits per heavy atom. The molecule has 1 atom stereocenters. The summed E-state index contributed by atoms with van der Waals surface area (Å²) in [5, 5.41) is 0. The van der Waals surface area contributed by atoms with Gasteiger partial charge in [-0.2, -0.15) is 0 Å². The first kappa shape index (κ1) is 16.3. The van der Waals surface area contributed by atoms with Crippen LogP contribution in [0.3, 0.4) is 0 Å². The molecule has 3 heterocycles. The fourth-order valence-electron chi connectivity index (χ4n) is 3.65. The van der Waals surface area contributed by atoms with Crippen molar-refractivity contribution in [2.75, 3.05) is 0 Å². The number of rotatable bonds is 2. The van der Waals surface area contributed by atoms with Crippen molar-refractivity contribution in [3.05, 3.63) is 89.8 Å². The summed E-state index contributed by atoms with van der Waals surface area (Å²) in [6.07, 6.45) is 10.6. The number of hydrogen-bond donors (Lipinski definition) is 0. The third kappa shape index (κ3) is 2.47. The van der Waals surface area contributed by atoms with Crippen molar-refractivity contribution in [2.24, 2.45) is 4.99 Å². The van der Waals surface area contributed by atoms with Gasteiger partial charge in [-0.15, -0.1) is 6.42 Å². The molecular weight excluding hydrogens is 348 g/mol. The number of fused-ring (bicyclic) bond motifs is 3. The second-order valence-electron chi connectivity index (χ2n) is 6.61. The molecule has 5 rings (SSSR count). The average molecular weight is 364 g/mol. The molecule has 0 unspecified atom stereocenters. The van der Waals surface area contributed by atoms with Crippen molar-refractivity contribution in [2.45, 2.75) is 13.0 Å². The number of benzene rings is 2. The summed E-state index contributed by atoms with van der Waals surface area (Å²) in [4.78, 5) is 13.7. The predicted molar refractivity (Wildman–Crippen MR) is 107 cm³/mol. The van der Waals surface area contributed by atoms with Gasteiger partial charge in [-0.05, 0) is 25.1 Å². The van der Waals surface area contributed by atoms with Gasteiger partial charge in [0.2, 0.25) is 0 Å². The van der Waals surface area contributed by atoms with Crippen LogP contribution in [0.5, 0.6) is 0 Å². The molecule has 0 amide bonds. The zero-order chi connectivity index (χ0) is 19.1. The van der Waals surface area contributed by atoms with Gasteiger partial charge in [-0.3, -0.25) is 9.56 Å². The number of imidazole rings is 1. The SMILES string of the molecule is C#Cc1ccc2c(c1)C(c1ccccc1)=N[C@@H](C)c1c(-c3cnco3)ncn1-2. The normalized spacial score (nSPS) is 15.1. The lowest BCUT2D eigenvalue weighted by molar-refractivity contribution is 0.568. The third-order valence-electron chi connectivity index (χ3n) is 4.91. The minimum atomic E-state index is -0.139. The first-order valence-corrected chi connectivity index (χ1v) is 8.97. The van der Waals surface area contributed by atoms with E-state index in [0.29, 0.717) is 5.76 Å². The van der Waals surface area contributed by atoms with Gasteiger partial charge in [-0.1, -0.05) is 36.3 Å². The summed E-state index contributed by atoms with van der Waals surface area (Å²) < 4.78 is 7.57. The molecule has 0 saturated heterocycles. The molecule has 2 aromatic carbocycles. The Balaban J connectivity index is 1.81. The Morgan fingerprint density at radius 1 is 1.14 bits per heavy atom. The van der Waals surface area contributed by atoms with Crippen LogP contribution in [0.25, 0.3) is 17.1 Å². The molecule has 0 spiro atoms. The van der Waals surface area contributed by atoms with E-state index in [2.05, 4.69) is 39.5 Å². The molecule has 0 N–H and O–H groups in total. The molecule has 2 aromatic heterocycles. The molecule has 4 aromatic rings. The molecule has 5 heteroatoms. The highest BCUT2D eigenvalue weighted by molar-refractivity contribution is 6.15. The van der Waals surface area contributed by atoms with Gasteiger partial charge in [0.15, 0.2) is 12.2 Å². The van der Waals surface area contributed by atoms with E-state index in [1.54, 1.807) is 6.20 Å². The fourth-order valence-corrected chi connectivity index (χ4v) is 3.65. The van der Waals surface area contributed by atoms with Crippen molar-refractivity contribution in [3.63, 3.8) is 0 Å². The monoisotopic (exact) mass is 364 g/mol. The maximum absolute atomic E-state index is 5.67. The van der Waals surface area contributed by atoms with Crippen molar-refractivity contribution in [1.82, 2.24) is 14.5 Å².